The van der Waals surface area contributed by atoms with E-state index in [2.05, 4.69) is 30.2 Å². The molecule has 0 spiro atoms. The molecule has 1 fully saturated rings. The molecule has 5 nitrogen and oxygen atoms in total. The van der Waals surface area contributed by atoms with E-state index >= 15 is 0 Å². The predicted molar refractivity (Wildman–Crippen MR) is 76.7 cm³/mol. The summed E-state index contributed by atoms with van der Waals surface area (Å²) in [5, 5.41) is 12.5. The van der Waals surface area contributed by atoms with Crippen molar-refractivity contribution >= 4 is 5.82 Å². The maximum atomic E-state index is 9.20. The molecule has 1 N–H and O–H groups in total. The minimum Gasteiger partial charge on any atom is -0.376 e. The zero-order chi connectivity index (χ0) is 14.5. The molecule has 1 aromatic rings. The molecule has 108 valence electrons. The number of rotatable bonds is 5. The highest BCUT2D eigenvalue weighted by molar-refractivity contribution is 5.53. The second kappa shape index (κ2) is 6.69. The van der Waals surface area contributed by atoms with Gasteiger partial charge in [0.05, 0.1) is 24.8 Å². The van der Waals surface area contributed by atoms with Crippen LogP contribution in [-0.4, -0.2) is 37.0 Å². The minimum absolute atomic E-state index is 0.0102. The van der Waals surface area contributed by atoms with E-state index in [9.17, 15) is 5.26 Å². The standard InChI is InChI=1S/C15H21N3O2/c1-4-20-14-9-19-8-13(14)18-15-11(7-16)5-6-12(17-15)10(2)3/h5-6,10,13-14H,4,8-9H2,1-3H3,(H,17,18)/t13-,14-/m0/s1. The van der Waals surface area contributed by atoms with E-state index in [4.69, 9.17) is 9.47 Å². The van der Waals surface area contributed by atoms with Crippen LogP contribution in [0.15, 0.2) is 12.1 Å². The molecule has 1 aromatic heterocycles. The number of nitriles is 1. The second-order valence-corrected chi connectivity index (χ2v) is 5.18. The van der Waals surface area contributed by atoms with E-state index < -0.39 is 0 Å². The molecule has 2 heterocycles. The smallest absolute Gasteiger partial charge is 0.144 e. The van der Waals surface area contributed by atoms with Crippen molar-refractivity contribution in [2.75, 3.05) is 25.1 Å². The molecular formula is C15H21N3O2. The number of pyridine rings is 1. The molecule has 5 heteroatoms. The fourth-order valence-corrected chi connectivity index (χ4v) is 2.22. The SMILES string of the molecule is CCO[C@H]1COC[C@@H]1Nc1nc(C(C)C)ccc1C#N. The molecule has 0 saturated carbocycles. The van der Waals surface area contributed by atoms with Crippen LogP contribution in [0, 0.1) is 11.3 Å². The lowest BCUT2D eigenvalue weighted by atomic mass is 10.1. The molecular weight excluding hydrogens is 254 g/mol. The second-order valence-electron chi connectivity index (χ2n) is 5.18. The van der Waals surface area contributed by atoms with E-state index in [1.54, 1.807) is 0 Å². The predicted octanol–water partition coefficient (Wildman–Crippen LogP) is 2.29. The average Bonchev–Trinajstić information content (AvgIpc) is 2.86. The van der Waals surface area contributed by atoms with Crippen LogP contribution >= 0.6 is 0 Å². The van der Waals surface area contributed by atoms with Crippen molar-refractivity contribution in [1.29, 1.82) is 5.26 Å². The molecule has 0 amide bonds. The molecule has 0 aliphatic carbocycles. The largest absolute Gasteiger partial charge is 0.376 e. The third-order valence-corrected chi connectivity index (χ3v) is 3.36. The van der Waals surface area contributed by atoms with Crippen molar-refractivity contribution < 1.29 is 9.47 Å². The summed E-state index contributed by atoms with van der Waals surface area (Å²) in [6, 6.07) is 5.93. The van der Waals surface area contributed by atoms with Crippen LogP contribution in [0.3, 0.4) is 0 Å². The first kappa shape index (κ1) is 14.8. The van der Waals surface area contributed by atoms with Gasteiger partial charge >= 0.3 is 0 Å². The fourth-order valence-electron chi connectivity index (χ4n) is 2.22. The third-order valence-electron chi connectivity index (χ3n) is 3.36. The maximum Gasteiger partial charge on any atom is 0.144 e. The minimum atomic E-state index is 0.0102. The van der Waals surface area contributed by atoms with Crippen molar-refractivity contribution in [1.82, 2.24) is 4.98 Å². The third kappa shape index (κ3) is 3.27. The molecule has 0 bridgehead atoms. The number of anilines is 1. The van der Waals surface area contributed by atoms with E-state index in [0.717, 1.165) is 5.69 Å². The van der Waals surface area contributed by atoms with Crippen molar-refractivity contribution in [3.05, 3.63) is 23.4 Å². The van der Waals surface area contributed by atoms with Gasteiger partial charge in [-0.1, -0.05) is 13.8 Å². The van der Waals surface area contributed by atoms with Gasteiger partial charge in [-0.15, -0.1) is 0 Å². The van der Waals surface area contributed by atoms with E-state index in [-0.39, 0.29) is 12.1 Å². The number of hydrogen-bond acceptors (Lipinski definition) is 5. The Balaban J connectivity index is 2.19. The van der Waals surface area contributed by atoms with Crippen molar-refractivity contribution in [3.8, 4) is 6.07 Å². The van der Waals surface area contributed by atoms with Gasteiger partial charge in [0.2, 0.25) is 0 Å². The Labute approximate surface area is 119 Å². The van der Waals surface area contributed by atoms with Gasteiger partial charge in [-0.2, -0.15) is 5.26 Å². The van der Waals surface area contributed by atoms with Gasteiger partial charge in [-0.25, -0.2) is 4.98 Å². The summed E-state index contributed by atoms with van der Waals surface area (Å²) in [6.07, 6.45) is 0.0102. The Morgan fingerprint density at radius 2 is 2.30 bits per heavy atom. The highest BCUT2D eigenvalue weighted by Crippen LogP contribution is 2.21. The summed E-state index contributed by atoms with van der Waals surface area (Å²) in [5.74, 6) is 0.949. The van der Waals surface area contributed by atoms with Crippen LogP contribution in [0.25, 0.3) is 0 Å². The first-order valence-electron chi connectivity index (χ1n) is 7.02. The molecule has 2 rings (SSSR count). The number of aromatic nitrogens is 1. The van der Waals surface area contributed by atoms with Crippen LogP contribution in [-0.2, 0) is 9.47 Å². The van der Waals surface area contributed by atoms with Gasteiger partial charge in [0.1, 0.15) is 18.0 Å². The zero-order valence-electron chi connectivity index (χ0n) is 12.2. The highest BCUT2D eigenvalue weighted by atomic mass is 16.5. The van der Waals surface area contributed by atoms with E-state index in [0.29, 0.717) is 37.1 Å². The number of nitrogens with zero attached hydrogens (tertiary/aromatic N) is 2. The normalized spacial score (nSPS) is 21.9. The average molecular weight is 275 g/mol. The van der Waals surface area contributed by atoms with Crippen molar-refractivity contribution in [2.24, 2.45) is 0 Å². The Hall–Kier alpha value is -1.64. The summed E-state index contributed by atoms with van der Waals surface area (Å²) in [6.45, 7) is 7.94. The fraction of sp³-hybridized carbons (Fsp3) is 0.600. The number of hydrogen-bond donors (Lipinski definition) is 1. The molecule has 20 heavy (non-hydrogen) atoms. The first-order valence-corrected chi connectivity index (χ1v) is 7.02. The Kier molecular flexibility index (Phi) is 4.94. The molecule has 0 unspecified atom stereocenters. The summed E-state index contributed by atoms with van der Waals surface area (Å²) in [5.41, 5.74) is 1.52. The van der Waals surface area contributed by atoms with Gasteiger partial charge in [0.25, 0.3) is 0 Å². The topological polar surface area (TPSA) is 67.2 Å². The molecule has 2 atom stereocenters. The Morgan fingerprint density at radius 3 is 2.95 bits per heavy atom. The van der Waals surface area contributed by atoms with E-state index in [1.807, 2.05) is 19.1 Å². The molecule has 0 radical (unpaired) electrons. The van der Waals surface area contributed by atoms with Crippen LogP contribution < -0.4 is 5.32 Å². The highest BCUT2D eigenvalue weighted by Gasteiger charge is 2.29. The summed E-state index contributed by atoms with van der Waals surface area (Å²) in [7, 11) is 0. The van der Waals surface area contributed by atoms with Crippen LogP contribution in [0.2, 0.25) is 0 Å². The van der Waals surface area contributed by atoms with Crippen LogP contribution in [0.4, 0.5) is 5.82 Å². The van der Waals surface area contributed by atoms with Gasteiger partial charge in [-0.05, 0) is 25.0 Å². The van der Waals surface area contributed by atoms with Gasteiger partial charge in [0, 0.05) is 12.3 Å². The van der Waals surface area contributed by atoms with Crippen LogP contribution in [0.5, 0.6) is 0 Å². The monoisotopic (exact) mass is 275 g/mol. The van der Waals surface area contributed by atoms with Crippen molar-refractivity contribution in [2.45, 2.75) is 38.8 Å². The first-order chi connectivity index (χ1) is 9.65. The molecule has 0 aromatic carbocycles. The van der Waals surface area contributed by atoms with Gasteiger partial charge in [-0.3, -0.25) is 0 Å². The summed E-state index contributed by atoms with van der Waals surface area (Å²) in [4.78, 5) is 4.56. The van der Waals surface area contributed by atoms with Crippen molar-refractivity contribution in [3.63, 3.8) is 0 Å². The number of ether oxygens (including phenoxy) is 2. The quantitative estimate of drug-likeness (QED) is 0.893. The number of nitrogens with one attached hydrogen (secondary N) is 1. The lowest BCUT2D eigenvalue weighted by Gasteiger charge is -2.20. The van der Waals surface area contributed by atoms with Gasteiger partial charge in [0.15, 0.2) is 0 Å². The van der Waals surface area contributed by atoms with E-state index in [1.165, 1.54) is 0 Å². The van der Waals surface area contributed by atoms with Crippen LogP contribution in [0.1, 0.15) is 37.9 Å². The summed E-state index contributed by atoms with van der Waals surface area (Å²) >= 11 is 0. The molecule has 1 saturated heterocycles. The lowest BCUT2D eigenvalue weighted by Crippen LogP contribution is -2.35. The van der Waals surface area contributed by atoms with Gasteiger partial charge < -0.3 is 14.8 Å². The zero-order valence-corrected chi connectivity index (χ0v) is 12.2. The summed E-state index contributed by atoms with van der Waals surface area (Å²) < 4.78 is 11.1. The lowest BCUT2D eigenvalue weighted by molar-refractivity contribution is 0.0478. The Bertz CT molecular complexity index is 496. The molecule has 1 aliphatic heterocycles. The maximum absolute atomic E-state index is 9.20. The molecule has 1 aliphatic rings. The Morgan fingerprint density at radius 1 is 1.50 bits per heavy atom.